The van der Waals surface area contributed by atoms with Gasteiger partial charge in [0.1, 0.15) is 35.5 Å². The number of thiophene rings is 1. The van der Waals surface area contributed by atoms with Gasteiger partial charge in [-0.1, -0.05) is 6.07 Å². The predicted octanol–water partition coefficient (Wildman–Crippen LogP) is 7.43. The van der Waals surface area contributed by atoms with Crippen LogP contribution in [0.1, 0.15) is 49.3 Å². The molecule has 4 saturated heterocycles. The second-order valence-electron chi connectivity index (χ2n) is 14.7. The van der Waals surface area contributed by atoms with Crippen LogP contribution in [0, 0.1) is 17.1 Å². The lowest BCUT2D eigenvalue weighted by Gasteiger charge is -2.33. The normalized spacial score (nSPS) is 24.3. The molecule has 0 aliphatic carbocycles. The number of nitrogen functional groups attached to an aromatic ring is 1. The lowest BCUT2D eigenvalue weighted by atomic mass is 9.88. The highest BCUT2D eigenvalue weighted by Crippen LogP contribution is 2.52. The van der Waals surface area contributed by atoms with E-state index in [1.165, 1.54) is 4.90 Å². The number of carbonyl (C=O) groups is 1. The number of alkyl halides is 7. The number of likely N-dealkylation sites (N-methyl/N-ethyl adjacent to an activating group) is 2. The SMILES string of the molecule is CCN(c1nc(OCC23CCCN2CC(F)C3)nc2c(C(F)(F)F)c(-c3ccc(F)c4sc(N)c(C#N)c34)c(C(F)(F)F)cc12)C1CC2CN(C)C(=O)N2C1. The number of benzene rings is 2. The number of nitriles is 1. The molecule has 8 rings (SSSR count). The summed E-state index contributed by atoms with van der Waals surface area (Å²) in [7, 11) is 1.64. The van der Waals surface area contributed by atoms with Gasteiger partial charge in [-0.05, 0) is 50.4 Å². The van der Waals surface area contributed by atoms with Gasteiger partial charge in [-0.3, -0.25) is 4.90 Å². The molecule has 2 aromatic carbocycles. The zero-order chi connectivity index (χ0) is 39.4. The summed E-state index contributed by atoms with van der Waals surface area (Å²) in [4.78, 5) is 28.2. The maximum absolute atomic E-state index is 15.7. The van der Waals surface area contributed by atoms with Gasteiger partial charge in [0.25, 0.3) is 0 Å². The molecule has 2 amide bonds. The Balaban J connectivity index is 1.40. The molecule has 4 aliphatic rings. The van der Waals surface area contributed by atoms with E-state index in [4.69, 9.17) is 10.5 Å². The van der Waals surface area contributed by atoms with E-state index in [-0.39, 0.29) is 60.3 Å². The Bertz CT molecular complexity index is 2280. The van der Waals surface area contributed by atoms with Gasteiger partial charge in [0.2, 0.25) is 0 Å². The molecule has 4 unspecified atom stereocenters. The third-order valence-corrected chi connectivity index (χ3v) is 12.5. The first-order valence-electron chi connectivity index (χ1n) is 17.7. The van der Waals surface area contributed by atoms with Crippen molar-refractivity contribution in [1.82, 2.24) is 24.7 Å². The van der Waals surface area contributed by atoms with Crippen molar-refractivity contribution in [2.45, 2.75) is 68.8 Å². The molecular formula is C36H34F8N8O2S. The van der Waals surface area contributed by atoms with E-state index in [1.54, 1.807) is 29.8 Å². The number of hydrogen-bond donors (Lipinski definition) is 1. The second kappa shape index (κ2) is 12.9. The van der Waals surface area contributed by atoms with Crippen LogP contribution >= 0.6 is 11.3 Å². The Hall–Kier alpha value is -4.70. The summed E-state index contributed by atoms with van der Waals surface area (Å²) < 4.78 is 128. The zero-order valence-corrected chi connectivity index (χ0v) is 30.3. The highest BCUT2D eigenvalue weighted by Gasteiger charge is 2.50. The Morgan fingerprint density at radius 1 is 1.15 bits per heavy atom. The Labute approximate surface area is 313 Å². The van der Waals surface area contributed by atoms with Crippen molar-refractivity contribution in [2.24, 2.45) is 0 Å². The van der Waals surface area contributed by atoms with E-state index in [0.29, 0.717) is 43.3 Å². The number of aromatic nitrogens is 2. The summed E-state index contributed by atoms with van der Waals surface area (Å²) in [6, 6.07) is 2.18. The third kappa shape index (κ3) is 5.94. The summed E-state index contributed by atoms with van der Waals surface area (Å²) in [5.74, 6) is -1.25. The molecule has 2 N–H and O–H groups in total. The molecule has 4 fully saturated rings. The number of carbonyl (C=O) groups excluding carboxylic acids is 1. The zero-order valence-electron chi connectivity index (χ0n) is 29.5. The van der Waals surface area contributed by atoms with Crippen molar-refractivity contribution in [2.75, 3.05) is 57.0 Å². The molecule has 0 saturated carbocycles. The van der Waals surface area contributed by atoms with E-state index in [1.807, 2.05) is 4.90 Å². The van der Waals surface area contributed by atoms with Crippen molar-refractivity contribution in [1.29, 1.82) is 5.26 Å². The molecule has 10 nitrogen and oxygen atoms in total. The molecule has 0 radical (unpaired) electrons. The molecule has 4 aliphatic heterocycles. The smallest absolute Gasteiger partial charge is 0.419 e. The fourth-order valence-electron chi connectivity index (χ4n) is 9.17. The maximum Gasteiger partial charge on any atom is 0.419 e. The molecule has 55 heavy (non-hydrogen) atoms. The lowest BCUT2D eigenvalue weighted by molar-refractivity contribution is -0.141. The van der Waals surface area contributed by atoms with Gasteiger partial charge in [-0.15, -0.1) is 11.3 Å². The maximum atomic E-state index is 15.7. The van der Waals surface area contributed by atoms with E-state index < -0.39 is 86.0 Å². The van der Waals surface area contributed by atoms with Crippen LogP contribution in [0.25, 0.3) is 32.1 Å². The summed E-state index contributed by atoms with van der Waals surface area (Å²) >= 11 is 0.532. The highest BCUT2D eigenvalue weighted by atomic mass is 32.1. The van der Waals surface area contributed by atoms with E-state index in [9.17, 15) is 14.4 Å². The molecule has 0 bridgehead atoms. The molecule has 19 heteroatoms. The molecule has 4 atom stereocenters. The van der Waals surface area contributed by atoms with Gasteiger partial charge < -0.3 is 25.2 Å². The third-order valence-electron chi connectivity index (χ3n) is 11.5. The minimum atomic E-state index is -5.51. The van der Waals surface area contributed by atoms with Gasteiger partial charge in [0, 0.05) is 56.0 Å². The van der Waals surface area contributed by atoms with Gasteiger partial charge in [-0.25, -0.2) is 13.6 Å². The molecule has 6 heterocycles. The van der Waals surface area contributed by atoms with Gasteiger partial charge in [0.05, 0.1) is 44.5 Å². The Morgan fingerprint density at radius 3 is 2.58 bits per heavy atom. The summed E-state index contributed by atoms with van der Waals surface area (Å²) in [5, 5.41) is 8.54. The van der Waals surface area contributed by atoms with Crippen molar-refractivity contribution >= 4 is 49.2 Å². The summed E-state index contributed by atoms with van der Waals surface area (Å²) in [5.41, 5.74) is -1.80. The molecular weight excluding hydrogens is 761 g/mol. The number of halogens is 8. The van der Waals surface area contributed by atoms with Gasteiger partial charge >= 0.3 is 24.4 Å². The average molecular weight is 795 g/mol. The van der Waals surface area contributed by atoms with Crippen LogP contribution in [0.2, 0.25) is 0 Å². The van der Waals surface area contributed by atoms with E-state index in [2.05, 4.69) is 9.97 Å². The summed E-state index contributed by atoms with van der Waals surface area (Å²) in [6.07, 6.45) is -10.3. The van der Waals surface area contributed by atoms with Crippen LogP contribution in [0.15, 0.2) is 18.2 Å². The minimum Gasteiger partial charge on any atom is -0.461 e. The lowest BCUT2D eigenvalue weighted by Crippen LogP contribution is -2.43. The first-order valence-corrected chi connectivity index (χ1v) is 18.5. The van der Waals surface area contributed by atoms with Crippen LogP contribution < -0.4 is 15.4 Å². The van der Waals surface area contributed by atoms with Crippen LogP contribution in [0.5, 0.6) is 6.01 Å². The van der Waals surface area contributed by atoms with Gasteiger partial charge in [0.15, 0.2) is 0 Å². The fourth-order valence-corrected chi connectivity index (χ4v) is 10.1. The standard InChI is InChI=1S/C36H34F8N8O2S/c1-3-51(19-9-18-14-49(2)33(53)52(18)15-19)31-21-10-23(35(39,40)41)26(20-5-6-24(38)29-25(20)22(12-45)30(46)55-29)27(36(42,43)44)28(21)47-32(48-31)54-16-34-7-4-8-50(34)13-17(37)11-34/h5-6,10,17-19H,3-4,7-9,11,13-16,46H2,1-2H3. The first kappa shape index (κ1) is 37.2. The van der Waals surface area contributed by atoms with E-state index in [0.717, 1.165) is 18.6 Å². The van der Waals surface area contributed by atoms with E-state index >= 15 is 30.7 Å². The van der Waals surface area contributed by atoms with Crippen molar-refractivity contribution in [3.05, 3.63) is 40.7 Å². The van der Waals surface area contributed by atoms with Crippen molar-refractivity contribution < 1.29 is 44.7 Å². The van der Waals surface area contributed by atoms with Gasteiger partial charge in [-0.2, -0.15) is 41.6 Å². The molecule has 292 valence electrons. The Morgan fingerprint density at radius 2 is 1.91 bits per heavy atom. The number of amides is 2. The molecule has 4 aromatic rings. The topological polar surface area (TPSA) is 115 Å². The molecule has 0 spiro atoms. The highest BCUT2D eigenvalue weighted by molar-refractivity contribution is 7.23. The van der Waals surface area contributed by atoms with Crippen molar-refractivity contribution in [3.8, 4) is 23.2 Å². The van der Waals surface area contributed by atoms with Crippen molar-refractivity contribution in [3.63, 3.8) is 0 Å². The van der Waals surface area contributed by atoms with Crippen LogP contribution in [0.4, 0.5) is 50.7 Å². The number of urea groups is 1. The quantitative estimate of drug-likeness (QED) is 0.192. The number of nitrogens with two attached hydrogens (primary N) is 1. The number of fused-ring (bicyclic) bond motifs is 4. The van der Waals surface area contributed by atoms with Crippen LogP contribution in [-0.2, 0) is 12.4 Å². The molecule has 2 aromatic heterocycles. The summed E-state index contributed by atoms with van der Waals surface area (Å²) in [6.45, 7) is 2.85. The average Bonchev–Trinajstić information content (AvgIpc) is 3.90. The largest absolute Gasteiger partial charge is 0.461 e. The Kier molecular flexibility index (Phi) is 8.76. The minimum absolute atomic E-state index is 0.0742. The monoisotopic (exact) mass is 794 g/mol. The van der Waals surface area contributed by atoms with Crippen LogP contribution in [-0.4, -0.2) is 101 Å². The number of rotatable bonds is 7. The number of nitrogens with zero attached hydrogens (tertiary/aromatic N) is 7. The second-order valence-corrected chi connectivity index (χ2v) is 15.7. The number of hydrogen-bond acceptors (Lipinski definition) is 9. The predicted molar refractivity (Wildman–Crippen MR) is 188 cm³/mol. The first-order chi connectivity index (χ1) is 26.0. The fraction of sp³-hybridized carbons (Fsp3) is 0.500. The number of ether oxygens (including phenoxy) is 1. The number of anilines is 2. The van der Waals surface area contributed by atoms with Crippen LogP contribution in [0.3, 0.4) is 0 Å².